The Morgan fingerprint density at radius 1 is 1.50 bits per heavy atom. The summed E-state index contributed by atoms with van der Waals surface area (Å²) in [5.41, 5.74) is 0.383. The van der Waals surface area contributed by atoms with Crippen LogP contribution < -0.4 is 10.1 Å². The number of nitrogens with zero attached hydrogens (tertiary/aromatic N) is 1. The number of ether oxygens (including phenoxy) is 1. The van der Waals surface area contributed by atoms with E-state index in [1.54, 1.807) is 12.1 Å². The predicted molar refractivity (Wildman–Crippen MR) is 82.9 cm³/mol. The van der Waals surface area contributed by atoms with Crippen molar-refractivity contribution in [1.29, 1.82) is 0 Å². The van der Waals surface area contributed by atoms with Crippen LogP contribution in [0.5, 0.6) is 5.75 Å². The number of carbonyl (C=O) groups is 1. The van der Waals surface area contributed by atoms with Crippen LogP contribution >= 0.6 is 12.4 Å². The van der Waals surface area contributed by atoms with Gasteiger partial charge in [0.05, 0.1) is 0 Å². The van der Waals surface area contributed by atoms with Gasteiger partial charge in [0.2, 0.25) is 0 Å². The third-order valence-corrected chi connectivity index (χ3v) is 3.51. The first-order chi connectivity index (χ1) is 10.1. The Hall–Kier alpha value is -1.40. The second-order valence-electron chi connectivity index (χ2n) is 5.05. The maximum absolute atomic E-state index is 12.6. The number of carbonyl (C=O) groups excluding carboxylic acids is 1. The summed E-state index contributed by atoms with van der Waals surface area (Å²) in [7, 11) is 0. The van der Waals surface area contributed by atoms with Crippen molar-refractivity contribution in [1.82, 2.24) is 10.2 Å². The fourth-order valence-electron chi connectivity index (χ4n) is 2.57. The molecule has 1 aromatic rings. The fraction of sp³-hybridized carbons (Fsp3) is 0.533. The lowest BCUT2D eigenvalue weighted by Gasteiger charge is -2.28. The summed E-state index contributed by atoms with van der Waals surface area (Å²) in [5.74, 6) is -0.123. The molecule has 124 valence electrons. The first-order valence-electron chi connectivity index (χ1n) is 7.18. The van der Waals surface area contributed by atoms with Crippen LogP contribution in [0.3, 0.4) is 0 Å². The third-order valence-electron chi connectivity index (χ3n) is 3.51. The molecule has 1 N–H and O–H groups in total. The minimum atomic E-state index is -2.89. The normalized spacial score (nSPS) is 17.2. The predicted octanol–water partition coefficient (Wildman–Crippen LogP) is 2.92. The van der Waals surface area contributed by atoms with Gasteiger partial charge in [0.25, 0.3) is 5.91 Å². The quantitative estimate of drug-likeness (QED) is 0.869. The molecule has 1 atom stereocenters. The van der Waals surface area contributed by atoms with Crippen LogP contribution in [-0.2, 0) is 0 Å². The van der Waals surface area contributed by atoms with E-state index in [1.165, 1.54) is 12.1 Å². The van der Waals surface area contributed by atoms with Gasteiger partial charge in [-0.15, -0.1) is 12.4 Å². The van der Waals surface area contributed by atoms with Gasteiger partial charge < -0.3 is 15.0 Å². The maximum atomic E-state index is 12.6. The van der Waals surface area contributed by atoms with E-state index in [1.807, 2.05) is 11.8 Å². The zero-order chi connectivity index (χ0) is 15.2. The number of hydrogen-bond donors (Lipinski definition) is 1. The highest BCUT2D eigenvalue weighted by molar-refractivity contribution is 5.94. The molecule has 1 aliphatic heterocycles. The van der Waals surface area contributed by atoms with Crippen molar-refractivity contribution < 1.29 is 18.3 Å². The first kappa shape index (κ1) is 18.6. The summed E-state index contributed by atoms with van der Waals surface area (Å²) in [6.07, 6.45) is 1.77. The molecule has 1 saturated heterocycles. The monoisotopic (exact) mass is 334 g/mol. The lowest BCUT2D eigenvalue weighted by molar-refractivity contribution is -0.0499. The van der Waals surface area contributed by atoms with Crippen LogP contribution in [0.2, 0.25) is 0 Å². The highest BCUT2D eigenvalue weighted by atomic mass is 35.5. The molecule has 0 radical (unpaired) electrons. The van der Waals surface area contributed by atoms with Crippen molar-refractivity contribution in [2.24, 2.45) is 0 Å². The number of nitrogens with one attached hydrogen (secondary N) is 1. The molecule has 1 amide bonds. The van der Waals surface area contributed by atoms with Gasteiger partial charge in [-0.3, -0.25) is 4.79 Å². The summed E-state index contributed by atoms with van der Waals surface area (Å²) >= 11 is 0. The van der Waals surface area contributed by atoms with Crippen molar-refractivity contribution in [3.63, 3.8) is 0 Å². The Kier molecular flexibility index (Phi) is 7.55. The molecule has 0 aliphatic carbocycles. The molecular formula is C15H21ClF2N2O2. The second-order valence-corrected chi connectivity index (χ2v) is 5.05. The van der Waals surface area contributed by atoms with E-state index in [2.05, 4.69) is 10.1 Å². The lowest BCUT2D eigenvalue weighted by Crippen LogP contribution is -2.42. The molecule has 0 bridgehead atoms. The molecule has 1 unspecified atom stereocenters. The van der Waals surface area contributed by atoms with Gasteiger partial charge in [0.15, 0.2) is 0 Å². The SMILES string of the molecule is CCCN(C(=O)c1cccc(OC(F)F)c1)C1CCNC1.Cl. The Morgan fingerprint density at radius 3 is 2.86 bits per heavy atom. The zero-order valence-electron chi connectivity index (χ0n) is 12.4. The lowest BCUT2D eigenvalue weighted by atomic mass is 10.1. The average Bonchev–Trinajstić information content (AvgIpc) is 2.97. The van der Waals surface area contributed by atoms with Gasteiger partial charge in [-0.1, -0.05) is 13.0 Å². The van der Waals surface area contributed by atoms with Gasteiger partial charge in [-0.05, 0) is 37.6 Å². The Balaban J connectivity index is 0.00000242. The fourth-order valence-corrected chi connectivity index (χ4v) is 2.57. The molecule has 1 fully saturated rings. The minimum absolute atomic E-state index is 0. The molecule has 0 spiro atoms. The van der Waals surface area contributed by atoms with E-state index < -0.39 is 6.61 Å². The third kappa shape index (κ3) is 4.81. The minimum Gasteiger partial charge on any atom is -0.435 e. The van der Waals surface area contributed by atoms with E-state index in [9.17, 15) is 13.6 Å². The number of rotatable bonds is 6. The van der Waals surface area contributed by atoms with Crippen molar-refractivity contribution in [2.75, 3.05) is 19.6 Å². The Bertz CT molecular complexity index is 482. The van der Waals surface area contributed by atoms with Gasteiger partial charge >= 0.3 is 6.61 Å². The highest BCUT2D eigenvalue weighted by Crippen LogP contribution is 2.19. The molecule has 4 nitrogen and oxygen atoms in total. The molecule has 1 heterocycles. The largest absolute Gasteiger partial charge is 0.435 e. The topological polar surface area (TPSA) is 41.6 Å². The first-order valence-corrected chi connectivity index (χ1v) is 7.18. The van der Waals surface area contributed by atoms with Crippen molar-refractivity contribution >= 4 is 18.3 Å². The Morgan fingerprint density at radius 2 is 2.27 bits per heavy atom. The van der Waals surface area contributed by atoms with Crippen LogP contribution in [-0.4, -0.2) is 43.1 Å². The van der Waals surface area contributed by atoms with Gasteiger partial charge in [-0.2, -0.15) is 8.78 Å². The smallest absolute Gasteiger partial charge is 0.387 e. The van der Waals surface area contributed by atoms with Crippen molar-refractivity contribution in [2.45, 2.75) is 32.4 Å². The second kappa shape index (κ2) is 8.90. The number of alkyl halides is 2. The van der Waals surface area contributed by atoms with E-state index in [-0.39, 0.29) is 30.1 Å². The van der Waals surface area contributed by atoms with Crippen LogP contribution in [0.25, 0.3) is 0 Å². The molecule has 7 heteroatoms. The van der Waals surface area contributed by atoms with Crippen molar-refractivity contribution in [3.05, 3.63) is 29.8 Å². The summed E-state index contributed by atoms with van der Waals surface area (Å²) in [4.78, 5) is 14.4. The summed E-state index contributed by atoms with van der Waals surface area (Å²) in [6.45, 7) is 1.46. The molecular weight excluding hydrogens is 314 g/mol. The van der Waals surface area contributed by atoms with Crippen LogP contribution in [0.4, 0.5) is 8.78 Å². The summed E-state index contributed by atoms with van der Waals surface area (Å²) < 4.78 is 28.9. The number of amides is 1. The molecule has 1 aromatic carbocycles. The Labute approximate surface area is 135 Å². The molecule has 1 aliphatic rings. The van der Waals surface area contributed by atoms with E-state index in [0.29, 0.717) is 12.1 Å². The van der Waals surface area contributed by atoms with Gasteiger partial charge in [-0.25, -0.2) is 0 Å². The standard InChI is InChI=1S/C15H20F2N2O2.ClH/c1-2-8-19(12-6-7-18-10-12)14(20)11-4-3-5-13(9-11)21-15(16)17;/h3-5,9,12,15,18H,2,6-8,10H2,1H3;1H. The molecule has 0 aromatic heterocycles. The van der Waals surface area contributed by atoms with Crippen molar-refractivity contribution in [3.8, 4) is 5.75 Å². The summed E-state index contributed by atoms with van der Waals surface area (Å²) in [6, 6.07) is 6.15. The number of hydrogen-bond acceptors (Lipinski definition) is 3. The highest BCUT2D eigenvalue weighted by Gasteiger charge is 2.26. The van der Waals surface area contributed by atoms with Crippen LogP contribution in [0.15, 0.2) is 24.3 Å². The van der Waals surface area contributed by atoms with Crippen LogP contribution in [0, 0.1) is 0 Å². The van der Waals surface area contributed by atoms with Crippen LogP contribution in [0.1, 0.15) is 30.1 Å². The van der Waals surface area contributed by atoms with E-state index >= 15 is 0 Å². The molecule has 2 rings (SSSR count). The molecule has 0 saturated carbocycles. The number of halogens is 3. The van der Waals surface area contributed by atoms with E-state index in [4.69, 9.17) is 0 Å². The zero-order valence-corrected chi connectivity index (χ0v) is 13.2. The maximum Gasteiger partial charge on any atom is 0.387 e. The molecule has 22 heavy (non-hydrogen) atoms. The van der Waals surface area contributed by atoms with Gasteiger partial charge in [0, 0.05) is 24.7 Å². The van der Waals surface area contributed by atoms with E-state index in [0.717, 1.165) is 25.9 Å². The average molecular weight is 335 g/mol. The van der Waals surface area contributed by atoms with Gasteiger partial charge in [0.1, 0.15) is 5.75 Å². The summed E-state index contributed by atoms with van der Waals surface area (Å²) in [5, 5.41) is 3.24. The number of benzene rings is 1.